The van der Waals surface area contributed by atoms with Gasteiger partial charge in [0.1, 0.15) is 0 Å². The van der Waals surface area contributed by atoms with Crippen LogP contribution in [0.3, 0.4) is 0 Å². The maximum Gasteiger partial charge on any atom is 0.0367 e. The molecule has 0 saturated carbocycles. The lowest BCUT2D eigenvalue weighted by atomic mass is 10.2. The van der Waals surface area contributed by atoms with Crippen LogP contribution in [0.2, 0.25) is 0 Å². The molecule has 0 unspecified atom stereocenters. The van der Waals surface area contributed by atoms with Gasteiger partial charge in [-0.15, -0.1) is 0 Å². The van der Waals surface area contributed by atoms with Crippen molar-refractivity contribution in [2.24, 2.45) is 5.73 Å². The number of unbranched alkanes of at least 4 members (excludes halogenated alkanes) is 3. The first-order valence-electron chi connectivity index (χ1n) is 7.69. The van der Waals surface area contributed by atoms with Crippen molar-refractivity contribution in [2.45, 2.75) is 38.5 Å². The van der Waals surface area contributed by atoms with Crippen LogP contribution in [-0.4, -0.2) is 26.2 Å². The second-order valence-corrected chi connectivity index (χ2v) is 5.37. The van der Waals surface area contributed by atoms with E-state index in [1.54, 1.807) is 0 Å². The average Bonchev–Trinajstić information content (AvgIpc) is 2.97. The van der Waals surface area contributed by atoms with E-state index < -0.39 is 0 Å². The lowest BCUT2D eigenvalue weighted by Crippen LogP contribution is -2.17. The number of nitrogens with one attached hydrogen (secondary N) is 1. The standard InChI is InChI=1S/C16H27N3/c17-11-3-1-2-4-12-18-15-7-9-16(10-8-15)19-13-5-6-14-19/h7-10,18H,1-6,11-14,17H2. The molecule has 0 radical (unpaired) electrons. The Kier molecular flexibility index (Phi) is 6.02. The molecule has 0 amide bonds. The number of anilines is 2. The van der Waals surface area contributed by atoms with E-state index in [4.69, 9.17) is 5.73 Å². The molecule has 106 valence electrons. The van der Waals surface area contributed by atoms with E-state index in [2.05, 4.69) is 34.5 Å². The minimum atomic E-state index is 0.825. The smallest absolute Gasteiger partial charge is 0.0367 e. The highest BCUT2D eigenvalue weighted by atomic mass is 15.1. The monoisotopic (exact) mass is 261 g/mol. The lowest BCUT2D eigenvalue weighted by Gasteiger charge is -2.18. The number of hydrogen-bond acceptors (Lipinski definition) is 3. The first-order chi connectivity index (χ1) is 9.40. The van der Waals surface area contributed by atoms with Crippen LogP contribution in [0.1, 0.15) is 38.5 Å². The molecule has 1 aliphatic heterocycles. The van der Waals surface area contributed by atoms with Crippen molar-refractivity contribution in [3.63, 3.8) is 0 Å². The predicted molar refractivity (Wildman–Crippen MR) is 83.9 cm³/mol. The van der Waals surface area contributed by atoms with Crippen molar-refractivity contribution in [3.8, 4) is 0 Å². The number of rotatable bonds is 8. The van der Waals surface area contributed by atoms with E-state index in [1.807, 2.05) is 0 Å². The quantitative estimate of drug-likeness (QED) is 0.706. The van der Waals surface area contributed by atoms with E-state index in [1.165, 1.54) is 56.6 Å². The van der Waals surface area contributed by atoms with Gasteiger partial charge in [-0.2, -0.15) is 0 Å². The average molecular weight is 261 g/mol. The Morgan fingerprint density at radius 3 is 2.32 bits per heavy atom. The zero-order valence-corrected chi connectivity index (χ0v) is 11.9. The molecule has 3 N–H and O–H groups in total. The lowest BCUT2D eigenvalue weighted by molar-refractivity contribution is 0.661. The fourth-order valence-corrected chi connectivity index (χ4v) is 2.62. The van der Waals surface area contributed by atoms with E-state index in [9.17, 15) is 0 Å². The maximum absolute atomic E-state index is 5.48. The summed E-state index contributed by atoms with van der Waals surface area (Å²) in [7, 11) is 0. The normalized spacial score (nSPS) is 14.9. The van der Waals surface area contributed by atoms with Crippen LogP contribution in [0.25, 0.3) is 0 Å². The van der Waals surface area contributed by atoms with Gasteiger partial charge in [0, 0.05) is 31.0 Å². The van der Waals surface area contributed by atoms with Crippen LogP contribution in [0.15, 0.2) is 24.3 Å². The zero-order chi connectivity index (χ0) is 13.3. The van der Waals surface area contributed by atoms with Crippen LogP contribution in [0, 0.1) is 0 Å². The van der Waals surface area contributed by atoms with Crippen LogP contribution >= 0.6 is 0 Å². The van der Waals surface area contributed by atoms with Gasteiger partial charge in [-0.1, -0.05) is 12.8 Å². The van der Waals surface area contributed by atoms with Gasteiger partial charge >= 0.3 is 0 Å². The Labute approximate surface area is 117 Å². The summed E-state index contributed by atoms with van der Waals surface area (Å²) in [6, 6.07) is 8.88. The summed E-state index contributed by atoms with van der Waals surface area (Å²) in [4.78, 5) is 2.47. The summed E-state index contributed by atoms with van der Waals surface area (Å²) in [6.45, 7) is 4.32. The molecule has 1 heterocycles. The third-order valence-electron chi connectivity index (χ3n) is 3.80. The van der Waals surface area contributed by atoms with Crippen molar-refractivity contribution in [1.29, 1.82) is 0 Å². The zero-order valence-electron chi connectivity index (χ0n) is 11.9. The van der Waals surface area contributed by atoms with Crippen LogP contribution in [-0.2, 0) is 0 Å². The SMILES string of the molecule is NCCCCCCNc1ccc(N2CCCC2)cc1. The summed E-state index contributed by atoms with van der Waals surface area (Å²) >= 11 is 0. The van der Waals surface area contributed by atoms with E-state index in [0.29, 0.717) is 0 Å². The first-order valence-corrected chi connectivity index (χ1v) is 7.69. The summed E-state index contributed by atoms with van der Waals surface area (Å²) in [5.74, 6) is 0. The molecule has 19 heavy (non-hydrogen) atoms. The molecule has 0 spiro atoms. The molecule has 1 aromatic rings. The van der Waals surface area contributed by atoms with Crippen molar-refractivity contribution < 1.29 is 0 Å². The van der Waals surface area contributed by atoms with Gasteiger partial charge < -0.3 is 16.0 Å². The van der Waals surface area contributed by atoms with Crippen LogP contribution < -0.4 is 16.0 Å². The maximum atomic E-state index is 5.48. The molecule has 3 nitrogen and oxygen atoms in total. The Morgan fingerprint density at radius 1 is 0.947 bits per heavy atom. The van der Waals surface area contributed by atoms with Gasteiger partial charge in [0.25, 0.3) is 0 Å². The van der Waals surface area contributed by atoms with Gasteiger partial charge in [0.15, 0.2) is 0 Å². The summed E-state index contributed by atoms with van der Waals surface area (Å²) < 4.78 is 0. The third-order valence-corrected chi connectivity index (χ3v) is 3.80. The molecule has 0 bridgehead atoms. The van der Waals surface area contributed by atoms with Crippen LogP contribution in [0.5, 0.6) is 0 Å². The first kappa shape index (κ1) is 14.2. The Balaban J connectivity index is 1.67. The highest BCUT2D eigenvalue weighted by Gasteiger charge is 2.11. The molecule has 0 atom stereocenters. The van der Waals surface area contributed by atoms with E-state index in [-0.39, 0.29) is 0 Å². The molecule has 1 aliphatic rings. The van der Waals surface area contributed by atoms with Gasteiger partial charge in [-0.3, -0.25) is 0 Å². The Bertz CT molecular complexity index is 342. The van der Waals surface area contributed by atoms with Crippen molar-refractivity contribution in [3.05, 3.63) is 24.3 Å². The largest absolute Gasteiger partial charge is 0.385 e. The highest BCUT2D eigenvalue weighted by molar-refractivity contribution is 5.55. The highest BCUT2D eigenvalue weighted by Crippen LogP contribution is 2.21. The molecular weight excluding hydrogens is 234 g/mol. The van der Waals surface area contributed by atoms with Gasteiger partial charge in [-0.25, -0.2) is 0 Å². The van der Waals surface area contributed by atoms with Crippen molar-refractivity contribution in [2.75, 3.05) is 36.4 Å². The fraction of sp³-hybridized carbons (Fsp3) is 0.625. The number of nitrogens with two attached hydrogens (primary N) is 1. The Morgan fingerprint density at radius 2 is 1.63 bits per heavy atom. The molecular formula is C16H27N3. The molecule has 2 rings (SSSR count). The van der Waals surface area contributed by atoms with Gasteiger partial charge in [0.2, 0.25) is 0 Å². The predicted octanol–water partition coefficient (Wildman–Crippen LogP) is 3.22. The minimum Gasteiger partial charge on any atom is -0.385 e. The topological polar surface area (TPSA) is 41.3 Å². The Hall–Kier alpha value is -1.22. The molecule has 1 fully saturated rings. The summed E-state index contributed by atoms with van der Waals surface area (Å²) in [6.07, 6.45) is 7.59. The van der Waals surface area contributed by atoms with Gasteiger partial charge in [0.05, 0.1) is 0 Å². The van der Waals surface area contributed by atoms with Crippen LogP contribution in [0.4, 0.5) is 11.4 Å². The molecule has 0 aromatic heterocycles. The molecule has 3 heteroatoms. The van der Waals surface area contributed by atoms with E-state index >= 15 is 0 Å². The number of benzene rings is 1. The van der Waals surface area contributed by atoms with E-state index in [0.717, 1.165) is 19.5 Å². The molecule has 1 aromatic carbocycles. The molecule has 0 aliphatic carbocycles. The second kappa shape index (κ2) is 8.05. The minimum absolute atomic E-state index is 0.825. The van der Waals surface area contributed by atoms with Gasteiger partial charge in [-0.05, 0) is 56.5 Å². The fourth-order valence-electron chi connectivity index (χ4n) is 2.62. The summed E-state index contributed by atoms with van der Waals surface area (Å²) in [5, 5.41) is 3.49. The summed E-state index contributed by atoms with van der Waals surface area (Å²) in [5.41, 5.74) is 8.08. The number of hydrogen-bond donors (Lipinski definition) is 2. The number of nitrogens with zero attached hydrogens (tertiary/aromatic N) is 1. The van der Waals surface area contributed by atoms with Crippen molar-refractivity contribution >= 4 is 11.4 Å². The molecule has 1 saturated heterocycles. The second-order valence-electron chi connectivity index (χ2n) is 5.37. The van der Waals surface area contributed by atoms with Crippen molar-refractivity contribution in [1.82, 2.24) is 0 Å². The third kappa shape index (κ3) is 4.75.